The van der Waals surface area contributed by atoms with Crippen LogP contribution in [-0.4, -0.2) is 16.5 Å². The van der Waals surface area contributed by atoms with E-state index >= 15 is 0 Å². The van der Waals surface area contributed by atoms with Crippen LogP contribution in [0.1, 0.15) is 18.1 Å². The van der Waals surface area contributed by atoms with Crippen LogP contribution < -0.4 is 4.90 Å². The average Bonchev–Trinajstić information content (AvgIpc) is 2.46. The molecule has 2 rings (SSSR count). The number of anilines is 1. The van der Waals surface area contributed by atoms with E-state index in [9.17, 15) is 0 Å². The zero-order chi connectivity index (χ0) is 12.8. The van der Waals surface area contributed by atoms with Gasteiger partial charge in [-0.05, 0) is 30.7 Å². The Morgan fingerprint density at radius 1 is 1.17 bits per heavy atom. The first-order chi connectivity index (χ1) is 8.85. The van der Waals surface area contributed by atoms with E-state index in [4.69, 9.17) is 11.6 Å². The third-order valence-corrected chi connectivity index (χ3v) is 3.10. The molecule has 0 fully saturated rings. The minimum Gasteiger partial charge on any atom is -0.352 e. The van der Waals surface area contributed by atoms with Gasteiger partial charge in [0.1, 0.15) is 5.82 Å². The van der Waals surface area contributed by atoms with Crippen molar-refractivity contribution in [2.75, 3.05) is 11.4 Å². The molecule has 2 aromatic rings. The quantitative estimate of drug-likeness (QED) is 0.774. The molecule has 94 valence electrons. The van der Waals surface area contributed by atoms with Gasteiger partial charge in [-0.1, -0.05) is 6.07 Å². The van der Waals surface area contributed by atoms with Crippen molar-refractivity contribution in [1.29, 1.82) is 0 Å². The highest BCUT2D eigenvalue weighted by molar-refractivity contribution is 6.17. The Morgan fingerprint density at radius 3 is 2.61 bits per heavy atom. The maximum absolute atomic E-state index is 5.96. The maximum atomic E-state index is 5.96. The highest BCUT2D eigenvalue weighted by Crippen LogP contribution is 2.20. The molecule has 0 amide bonds. The number of pyridine rings is 2. The van der Waals surface area contributed by atoms with E-state index in [1.807, 2.05) is 36.7 Å². The molecule has 3 nitrogen and oxygen atoms in total. The molecule has 18 heavy (non-hydrogen) atoms. The first-order valence-electron chi connectivity index (χ1n) is 5.99. The highest BCUT2D eigenvalue weighted by atomic mass is 35.5. The summed E-state index contributed by atoms with van der Waals surface area (Å²) in [5.41, 5.74) is 2.29. The Morgan fingerprint density at radius 2 is 1.94 bits per heavy atom. The molecule has 2 heterocycles. The van der Waals surface area contributed by atoms with Crippen LogP contribution in [-0.2, 0) is 12.4 Å². The highest BCUT2D eigenvalue weighted by Gasteiger charge is 2.10. The van der Waals surface area contributed by atoms with Crippen molar-refractivity contribution >= 4 is 17.4 Å². The van der Waals surface area contributed by atoms with E-state index in [2.05, 4.69) is 21.8 Å². The van der Waals surface area contributed by atoms with Gasteiger partial charge in [0.05, 0.1) is 5.88 Å². The van der Waals surface area contributed by atoms with Gasteiger partial charge < -0.3 is 4.90 Å². The second-order valence-electron chi connectivity index (χ2n) is 3.99. The molecule has 4 heteroatoms. The van der Waals surface area contributed by atoms with Crippen LogP contribution in [0.15, 0.2) is 42.9 Å². The van der Waals surface area contributed by atoms with Crippen molar-refractivity contribution in [2.45, 2.75) is 19.3 Å². The van der Waals surface area contributed by atoms with Crippen LogP contribution in [0, 0.1) is 0 Å². The van der Waals surface area contributed by atoms with E-state index in [1.54, 1.807) is 6.20 Å². The van der Waals surface area contributed by atoms with Crippen molar-refractivity contribution in [1.82, 2.24) is 9.97 Å². The monoisotopic (exact) mass is 261 g/mol. The third kappa shape index (κ3) is 2.99. The molecule has 0 aliphatic heterocycles. The Kier molecular flexibility index (Phi) is 4.53. The number of nitrogens with zero attached hydrogens (tertiary/aromatic N) is 3. The fraction of sp³-hybridized carbons (Fsp3) is 0.286. The Bertz CT molecular complexity index is 487. The zero-order valence-corrected chi connectivity index (χ0v) is 11.1. The molecule has 0 atom stereocenters. The number of hydrogen-bond acceptors (Lipinski definition) is 3. The number of halogens is 1. The minimum absolute atomic E-state index is 0.482. The van der Waals surface area contributed by atoms with Crippen LogP contribution in [0.2, 0.25) is 0 Å². The van der Waals surface area contributed by atoms with Gasteiger partial charge >= 0.3 is 0 Å². The van der Waals surface area contributed by atoms with Gasteiger partial charge in [0.2, 0.25) is 0 Å². The lowest BCUT2D eigenvalue weighted by Gasteiger charge is -2.23. The van der Waals surface area contributed by atoms with Crippen LogP contribution in [0.3, 0.4) is 0 Å². The fourth-order valence-electron chi connectivity index (χ4n) is 1.86. The molecule has 0 bridgehead atoms. The molecule has 0 unspecified atom stereocenters. The predicted octanol–water partition coefficient (Wildman–Crippen LogP) is 3.24. The summed E-state index contributed by atoms with van der Waals surface area (Å²) in [5, 5.41) is 0. The van der Waals surface area contributed by atoms with Gasteiger partial charge in [0.25, 0.3) is 0 Å². The molecule has 0 spiro atoms. The van der Waals surface area contributed by atoms with Crippen molar-refractivity contribution in [3.63, 3.8) is 0 Å². The van der Waals surface area contributed by atoms with Crippen LogP contribution in [0.5, 0.6) is 0 Å². The summed E-state index contributed by atoms with van der Waals surface area (Å²) < 4.78 is 0. The molecule has 0 aliphatic carbocycles. The Balaban J connectivity index is 2.23. The molecule has 0 aromatic carbocycles. The molecule has 2 aromatic heterocycles. The van der Waals surface area contributed by atoms with Gasteiger partial charge in [0, 0.05) is 37.2 Å². The summed E-state index contributed by atoms with van der Waals surface area (Å²) in [6.07, 6.45) is 5.43. The maximum Gasteiger partial charge on any atom is 0.133 e. The zero-order valence-electron chi connectivity index (χ0n) is 10.4. The van der Waals surface area contributed by atoms with Crippen molar-refractivity contribution in [3.05, 3.63) is 54.0 Å². The number of hydrogen-bond donors (Lipinski definition) is 0. The van der Waals surface area contributed by atoms with Gasteiger partial charge in [-0.2, -0.15) is 0 Å². The smallest absolute Gasteiger partial charge is 0.133 e. The van der Waals surface area contributed by atoms with E-state index in [1.165, 1.54) is 5.56 Å². The molecule has 0 radical (unpaired) electrons. The lowest BCUT2D eigenvalue weighted by molar-refractivity contribution is 0.806. The minimum atomic E-state index is 0.482. The predicted molar refractivity (Wildman–Crippen MR) is 74.8 cm³/mol. The second-order valence-corrected chi connectivity index (χ2v) is 4.26. The molecular weight excluding hydrogens is 246 g/mol. The third-order valence-electron chi connectivity index (χ3n) is 2.82. The van der Waals surface area contributed by atoms with Gasteiger partial charge in [-0.25, -0.2) is 4.98 Å². The Labute approximate surface area is 112 Å². The van der Waals surface area contributed by atoms with E-state index in [0.717, 1.165) is 24.5 Å². The number of rotatable bonds is 5. The normalized spacial score (nSPS) is 10.3. The summed E-state index contributed by atoms with van der Waals surface area (Å²) >= 11 is 5.96. The topological polar surface area (TPSA) is 29.0 Å². The summed E-state index contributed by atoms with van der Waals surface area (Å²) in [6, 6.07) is 7.98. The summed E-state index contributed by atoms with van der Waals surface area (Å²) in [6.45, 7) is 3.83. The summed E-state index contributed by atoms with van der Waals surface area (Å²) in [7, 11) is 0. The lowest BCUT2D eigenvalue weighted by Crippen LogP contribution is -2.24. The van der Waals surface area contributed by atoms with Gasteiger partial charge in [-0.15, -0.1) is 11.6 Å². The van der Waals surface area contributed by atoms with Crippen LogP contribution >= 0.6 is 11.6 Å². The Hall–Kier alpha value is -1.61. The standard InChI is InChI=1S/C14H16ClN3/c1-2-18(11-12-5-8-16-9-6-12)14-13(10-15)4-3-7-17-14/h3-9H,2,10-11H2,1H3. The van der Waals surface area contributed by atoms with E-state index in [0.29, 0.717) is 5.88 Å². The SMILES string of the molecule is CCN(Cc1ccncc1)c1ncccc1CCl. The number of alkyl halides is 1. The lowest BCUT2D eigenvalue weighted by atomic mass is 10.2. The fourth-order valence-corrected chi connectivity index (χ4v) is 2.07. The summed E-state index contributed by atoms with van der Waals surface area (Å²) in [4.78, 5) is 10.7. The largest absolute Gasteiger partial charge is 0.352 e. The second kappa shape index (κ2) is 6.36. The summed E-state index contributed by atoms with van der Waals surface area (Å²) in [5.74, 6) is 1.45. The molecule has 0 aliphatic rings. The molecule has 0 saturated heterocycles. The van der Waals surface area contributed by atoms with Crippen LogP contribution in [0.4, 0.5) is 5.82 Å². The first-order valence-corrected chi connectivity index (χ1v) is 6.52. The molecule has 0 N–H and O–H groups in total. The molecule has 0 saturated carbocycles. The molecular formula is C14H16ClN3. The number of aromatic nitrogens is 2. The van der Waals surface area contributed by atoms with Gasteiger partial charge in [0.15, 0.2) is 0 Å². The van der Waals surface area contributed by atoms with E-state index < -0.39 is 0 Å². The van der Waals surface area contributed by atoms with Crippen molar-refractivity contribution in [3.8, 4) is 0 Å². The van der Waals surface area contributed by atoms with Crippen LogP contribution in [0.25, 0.3) is 0 Å². The first kappa shape index (κ1) is 12.8. The average molecular weight is 262 g/mol. The van der Waals surface area contributed by atoms with E-state index in [-0.39, 0.29) is 0 Å². The van der Waals surface area contributed by atoms with Gasteiger partial charge in [-0.3, -0.25) is 4.98 Å². The van der Waals surface area contributed by atoms with Crippen molar-refractivity contribution < 1.29 is 0 Å². The van der Waals surface area contributed by atoms with Crippen molar-refractivity contribution in [2.24, 2.45) is 0 Å².